The summed E-state index contributed by atoms with van der Waals surface area (Å²) in [6.07, 6.45) is 1.66. The lowest BCUT2D eigenvalue weighted by Gasteiger charge is -2.33. The molecular weight excluding hydrogens is 301 g/mol. The monoisotopic (exact) mass is 315 g/mol. The Morgan fingerprint density at radius 2 is 2.11 bits per heavy atom. The lowest BCUT2D eigenvalue weighted by atomic mass is 9.74. The third-order valence-corrected chi connectivity index (χ3v) is 4.15. The van der Waals surface area contributed by atoms with Crippen LogP contribution in [0.2, 0.25) is 0 Å². The molecule has 5 heteroatoms. The largest absolute Gasteiger partial charge is 0.481 e. The van der Waals surface area contributed by atoms with Crippen LogP contribution >= 0.6 is 15.9 Å². The van der Waals surface area contributed by atoms with Gasteiger partial charge in [0.2, 0.25) is 0 Å². The van der Waals surface area contributed by atoms with Crippen molar-refractivity contribution in [3.63, 3.8) is 0 Å². The molecule has 0 unspecified atom stereocenters. The van der Waals surface area contributed by atoms with Crippen molar-refractivity contribution in [3.8, 4) is 0 Å². The Bertz CT molecular complexity index is 458. The van der Waals surface area contributed by atoms with E-state index in [4.69, 9.17) is 0 Å². The second kappa shape index (κ2) is 5.36. The Morgan fingerprint density at radius 1 is 1.44 bits per heavy atom. The average molecular weight is 316 g/mol. The van der Waals surface area contributed by atoms with Crippen molar-refractivity contribution in [2.24, 2.45) is 5.41 Å². The van der Waals surface area contributed by atoms with Crippen LogP contribution in [0.5, 0.6) is 0 Å². The summed E-state index contributed by atoms with van der Waals surface area (Å²) in [5, 5.41) is 12.6. The Labute approximate surface area is 114 Å². The highest BCUT2D eigenvalue weighted by Gasteiger charge is 2.39. The van der Waals surface area contributed by atoms with Crippen LogP contribution in [0.1, 0.15) is 18.4 Å². The number of carbonyl (C=O) groups is 1. The van der Waals surface area contributed by atoms with Crippen molar-refractivity contribution < 1.29 is 14.3 Å². The van der Waals surface area contributed by atoms with Crippen molar-refractivity contribution in [1.82, 2.24) is 5.32 Å². The summed E-state index contributed by atoms with van der Waals surface area (Å²) in [6.45, 7) is 1.43. The van der Waals surface area contributed by atoms with Gasteiger partial charge in [0.05, 0.1) is 9.89 Å². The van der Waals surface area contributed by atoms with E-state index in [2.05, 4.69) is 21.2 Å². The average Bonchev–Trinajstić information content (AvgIpc) is 2.35. The first-order valence-electron chi connectivity index (χ1n) is 5.92. The van der Waals surface area contributed by atoms with Crippen LogP contribution < -0.4 is 5.32 Å². The zero-order valence-electron chi connectivity index (χ0n) is 9.88. The second-order valence-corrected chi connectivity index (χ2v) is 5.62. The van der Waals surface area contributed by atoms with Crippen LogP contribution in [0, 0.1) is 11.2 Å². The van der Waals surface area contributed by atoms with Gasteiger partial charge < -0.3 is 10.4 Å². The molecule has 98 valence electrons. The van der Waals surface area contributed by atoms with Crippen LogP contribution in [0.4, 0.5) is 4.39 Å². The Hall–Kier alpha value is -0.940. The molecule has 0 spiro atoms. The van der Waals surface area contributed by atoms with E-state index in [-0.39, 0.29) is 5.82 Å². The first kappa shape index (κ1) is 13.5. The molecule has 1 aromatic carbocycles. The first-order valence-corrected chi connectivity index (χ1v) is 6.71. The number of rotatable bonds is 3. The summed E-state index contributed by atoms with van der Waals surface area (Å²) in [5.41, 5.74) is 0.135. The maximum atomic E-state index is 13.2. The molecule has 0 bridgehead atoms. The predicted molar refractivity (Wildman–Crippen MR) is 70.0 cm³/mol. The number of aliphatic carboxylic acids is 1. The standard InChI is InChI=1S/C13H15BrFNO2/c14-10-7-9(1-2-11(10)15)8-13(12(17)18)3-5-16-6-4-13/h1-2,7,16H,3-6,8H2,(H,17,18). The van der Waals surface area contributed by atoms with Crippen molar-refractivity contribution in [2.45, 2.75) is 19.3 Å². The highest BCUT2D eigenvalue weighted by molar-refractivity contribution is 9.10. The topological polar surface area (TPSA) is 49.3 Å². The molecule has 0 amide bonds. The Morgan fingerprint density at radius 3 is 2.67 bits per heavy atom. The molecule has 1 fully saturated rings. The van der Waals surface area contributed by atoms with Gasteiger partial charge in [0.15, 0.2) is 0 Å². The third kappa shape index (κ3) is 2.72. The van der Waals surface area contributed by atoms with Crippen molar-refractivity contribution >= 4 is 21.9 Å². The fourth-order valence-electron chi connectivity index (χ4n) is 2.41. The molecule has 1 aliphatic rings. The zero-order valence-corrected chi connectivity index (χ0v) is 11.5. The number of halogens is 2. The second-order valence-electron chi connectivity index (χ2n) is 4.76. The van der Waals surface area contributed by atoms with Crippen molar-refractivity contribution in [2.75, 3.05) is 13.1 Å². The van der Waals surface area contributed by atoms with Crippen LogP contribution in [0.25, 0.3) is 0 Å². The number of piperidine rings is 1. The maximum Gasteiger partial charge on any atom is 0.310 e. The van der Waals surface area contributed by atoms with Gasteiger partial charge in [-0.3, -0.25) is 4.79 Å². The molecule has 0 radical (unpaired) electrons. The summed E-state index contributed by atoms with van der Waals surface area (Å²) in [7, 11) is 0. The van der Waals surface area contributed by atoms with E-state index in [9.17, 15) is 14.3 Å². The van der Waals surface area contributed by atoms with Gasteiger partial charge in [-0.1, -0.05) is 6.07 Å². The molecule has 3 nitrogen and oxygen atoms in total. The number of hydrogen-bond donors (Lipinski definition) is 2. The number of nitrogens with one attached hydrogen (secondary N) is 1. The number of hydrogen-bond acceptors (Lipinski definition) is 2. The normalized spacial score (nSPS) is 18.6. The van der Waals surface area contributed by atoms with E-state index in [0.717, 1.165) is 5.56 Å². The quantitative estimate of drug-likeness (QED) is 0.901. The van der Waals surface area contributed by atoms with Gasteiger partial charge in [-0.05, 0) is 66.0 Å². The van der Waals surface area contributed by atoms with Crippen LogP contribution in [0.3, 0.4) is 0 Å². The maximum absolute atomic E-state index is 13.2. The molecule has 18 heavy (non-hydrogen) atoms. The van der Waals surface area contributed by atoms with Gasteiger partial charge in [0, 0.05) is 0 Å². The summed E-state index contributed by atoms with van der Waals surface area (Å²) < 4.78 is 13.5. The molecule has 0 saturated carbocycles. The lowest BCUT2D eigenvalue weighted by molar-refractivity contribution is -0.150. The number of carboxylic acids is 1. The van der Waals surface area contributed by atoms with Gasteiger partial charge in [-0.2, -0.15) is 0 Å². The third-order valence-electron chi connectivity index (χ3n) is 3.54. The van der Waals surface area contributed by atoms with Crippen LogP contribution in [-0.2, 0) is 11.2 Å². The summed E-state index contributed by atoms with van der Waals surface area (Å²) in [5.74, 6) is -1.09. The van der Waals surface area contributed by atoms with E-state index in [1.54, 1.807) is 12.1 Å². The van der Waals surface area contributed by atoms with E-state index in [1.165, 1.54) is 6.07 Å². The Balaban J connectivity index is 2.23. The minimum Gasteiger partial charge on any atom is -0.481 e. The lowest BCUT2D eigenvalue weighted by Crippen LogP contribution is -2.43. The van der Waals surface area contributed by atoms with Crippen LogP contribution in [0.15, 0.2) is 22.7 Å². The van der Waals surface area contributed by atoms with E-state index < -0.39 is 11.4 Å². The molecule has 2 rings (SSSR count). The number of carboxylic acid groups (broad SMARTS) is 1. The SMILES string of the molecule is O=C(O)C1(Cc2ccc(F)c(Br)c2)CCNCC1. The molecule has 2 N–H and O–H groups in total. The Kier molecular flexibility index (Phi) is 4.02. The van der Waals surface area contributed by atoms with Gasteiger partial charge in [0.25, 0.3) is 0 Å². The predicted octanol–water partition coefficient (Wildman–Crippen LogP) is 2.59. The summed E-state index contributed by atoms with van der Waals surface area (Å²) >= 11 is 3.13. The van der Waals surface area contributed by atoms with Gasteiger partial charge in [0.1, 0.15) is 5.82 Å². The fourth-order valence-corrected chi connectivity index (χ4v) is 2.84. The van der Waals surface area contributed by atoms with Crippen LogP contribution in [-0.4, -0.2) is 24.2 Å². The molecule has 0 atom stereocenters. The molecular formula is C13H15BrFNO2. The molecule has 1 aliphatic heterocycles. The molecule has 1 aromatic rings. The molecule has 0 aromatic heterocycles. The molecule has 1 saturated heterocycles. The molecule has 0 aliphatic carbocycles. The fraction of sp³-hybridized carbons (Fsp3) is 0.462. The molecule has 1 heterocycles. The zero-order chi connectivity index (χ0) is 13.2. The van der Waals surface area contributed by atoms with Gasteiger partial charge in [-0.25, -0.2) is 4.39 Å². The summed E-state index contributed by atoms with van der Waals surface area (Å²) in [4.78, 5) is 11.5. The number of benzene rings is 1. The van der Waals surface area contributed by atoms with E-state index in [0.29, 0.717) is 36.8 Å². The van der Waals surface area contributed by atoms with Gasteiger partial charge in [-0.15, -0.1) is 0 Å². The highest BCUT2D eigenvalue weighted by Crippen LogP contribution is 2.34. The van der Waals surface area contributed by atoms with Crippen molar-refractivity contribution in [3.05, 3.63) is 34.1 Å². The summed E-state index contributed by atoms with van der Waals surface area (Å²) in [6, 6.07) is 4.70. The highest BCUT2D eigenvalue weighted by atomic mass is 79.9. The van der Waals surface area contributed by atoms with E-state index >= 15 is 0 Å². The van der Waals surface area contributed by atoms with Crippen molar-refractivity contribution in [1.29, 1.82) is 0 Å². The van der Waals surface area contributed by atoms with Gasteiger partial charge >= 0.3 is 5.97 Å². The smallest absolute Gasteiger partial charge is 0.310 e. The minimum atomic E-state index is -0.760. The first-order chi connectivity index (χ1) is 8.53. The van der Waals surface area contributed by atoms with E-state index in [1.807, 2.05) is 0 Å². The minimum absolute atomic E-state index is 0.326.